The van der Waals surface area contributed by atoms with Crippen LogP contribution < -0.4 is 9.46 Å². The number of hydrogen-bond acceptors (Lipinski definition) is 4. The summed E-state index contributed by atoms with van der Waals surface area (Å²) in [5.74, 6) is 0.736. The molecule has 0 fully saturated rings. The molecule has 3 rings (SSSR count). The Hall–Kier alpha value is -1.76. The van der Waals surface area contributed by atoms with Gasteiger partial charge in [0, 0.05) is 23.6 Å². The maximum absolute atomic E-state index is 12.3. The Morgan fingerprint density at radius 3 is 2.70 bits per heavy atom. The lowest BCUT2D eigenvalue weighted by Gasteiger charge is -2.26. The highest BCUT2D eigenvalue weighted by atomic mass is 35.5. The lowest BCUT2D eigenvalue weighted by atomic mass is 9.93. The van der Waals surface area contributed by atoms with Gasteiger partial charge < -0.3 is 9.84 Å². The molecule has 0 aliphatic carbocycles. The fraction of sp³-hybridized carbons (Fsp3) is 0.250. The molecular weight excluding hydrogens is 338 g/mol. The first-order valence-electron chi connectivity index (χ1n) is 7.17. The summed E-state index contributed by atoms with van der Waals surface area (Å²) in [5.41, 5.74) is 0.896. The van der Waals surface area contributed by atoms with E-state index >= 15 is 0 Å². The number of nitrogens with one attached hydrogen (secondary N) is 1. The molecule has 2 aromatic rings. The van der Waals surface area contributed by atoms with E-state index in [4.69, 9.17) is 16.3 Å². The molecule has 0 saturated carbocycles. The quantitative estimate of drug-likeness (QED) is 0.886. The van der Waals surface area contributed by atoms with Crippen molar-refractivity contribution in [1.82, 2.24) is 4.72 Å². The molecule has 1 heterocycles. The highest BCUT2D eigenvalue weighted by Crippen LogP contribution is 2.35. The van der Waals surface area contributed by atoms with E-state index in [9.17, 15) is 13.5 Å². The molecule has 0 amide bonds. The van der Waals surface area contributed by atoms with Crippen LogP contribution in [-0.4, -0.2) is 26.7 Å². The Balaban J connectivity index is 1.75. The van der Waals surface area contributed by atoms with E-state index in [0.29, 0.717) is 23.8 Å². The highest BCUT2D eigenvalue weighted by Gasteiger charge is 2.24. The van der Waals surface area contributed by atoms with Gasteiger partial charge in [-0.3, -0.25) is 0 Å². The van der Waals surface area contributed by atoms with Gasteiger partial charge in [0.15, 0.2) is 0 Å². The van der Waals surface area contributed by atoms with Crippen molar-refractivity contribution in [3.63, 3.8) is 0 Å². The molecule has 0 spiro atoms. The number of sulfonamides is 1. The smallest absolute Gasteiger partial charge is 0.240 e. The van der Waals surface area contributed by atoms with Gasteiger partial charge in [0.2, 0.25) is 10.0 Å². The highest BCUT2D eigenvalue weighted by molar-refractivity contribution is 7.89. The molecule has 122 valence electrons. The third kappa shape index (κ3) is 3.60. The van der Waals surface area contributed by atoms with Gasteiger partial charge in [0.05, 0.1) is 11.5 Å². The van der Waals surface area contributed by atoms with Crippen LogP contribution >= 0.6 is 11.6 Å². The predicted molar refractivity (Wildman–Crippen MR) is 87.6 cm³/mol. The van der Waals surface area contributed by atoms with Gasteiger partial charge in [-0.05, 0) is 42.3 Å². The van der Waals surface area contributed by atoms with E-state index < -0.39 is 10.0 Å². The van der Waals surface area contributed by atoms with Crippen LogP contribution in [0.15, 0.2) is 47.4 Å². The number of ether oxygens (including phenoxy) is 1. The zero-order valence-electron chi connectivity index (χ0n) is 12.2. The van der Waals surface area contributed by atoms with Crippen molar-refractivity contribution in [2.45, 2.75) is 17.2 Å². The van der Waals surface area contributed by atoms with Crippen LogP contribution in [0.25, 0.3) is 0 Å². The minimum absolute atomic E-state index is 0.00132. The minimum atomic E-state index is -3.59. The molecule has 1 atom stereocenters. The van der Waals surface area contributed by atoms with Crippen molar-refractivity contribution in [2.75, 3.05) is 13.2 Å². The van der Waals surface area contributed by atoms with E-state index in [1.165, 1.54) is 12.1 Å². The second kappa shape index (κ2) is 6.39. The lowest BCUT2D eigenvalue weighted by Crippen LogP contribution is -2.30. The Labute approximate surface area is 139 Å². The summed E-state index contributed by atoms with van der Waals surface area (Å²) < 4.78 is 32.8. The number of hydrogen-bond donors (Lipinski definition) is 2. The summed E-state index contributed by atoms with van der Waals surface area (Å²) in [6.45, 7) is 0.760. The van der Waals surface area contributed by atoms with Gasteiger partial charge >= 0.3 is 0 Å². The molecule has 0 bridgehead atoms. The van der Waals surface area contributed by atoms with E-state index in [1.807, 2.05) is 0 Å². The molecule has 1 unspecified atom stereocenters. The summed E-state index contributed by atoms with van der Waals surface area (Å²) in [6, 6.07) is 10.9. The molecule has 0 radical (unpaired) electrons. The molecule has 0 saturated heterocycles. The van der Waals surface area contributed by atoms with Crippen molar-refractivity contribution in [3.05, 3.63) is 53.1 Å². The Morgan fingerprint density at radius 2 is 1.96 bits per heavy atom. The lowest BCUT2D eigenvalue weighted by molar-refractivity contribution is 0.266. The molecule has 2 N–H and O–H groups in total. The van der Waals surface area contributed by atoms with Crippen LogP contribution in [0.4, 0.5) is 0 Å². The third-order valence-electron chi connectivity index (χ3n) is 3.80. The number of fused-ring (bicyclic) bond motifs is 1. The molecule has 1 aliphatic rings. The molecule has 1 aliphatic heterocycles. The number of aromatic hydroxyl groups is 1. The van der Waals surface area contributed by atoms with Crippen LogP contribution in [0.1, 0.15) is 17.9 Å². The van der Waals surface area contributed by atoms with Crippen LogP contribution in [0.2, 0.25) is 5.02 Å². The summed E-state index contributed by atoms with van der Waals surface area (Å²) in [7, 11) is -3.59. The Kier molecular flexibility index (Phi) is 4.48. The summed E-state index contributed by atoms with van der Waals surface area (Å²) in [6.07, 6.45) is 0.709. The van der Waals surface area contributed by atoms with Gasteiger partial charge in [-0.25, -0.2) is 13.1 Å². The first-order valence-corrected chi connectivity index (χ1v) is 9.03. The van der Waals surface area contributed by atoms with Crippen LogP contribution in [0.5, 0.6) is 11.5 Å². The van der Waals surface area contributed by atoms with Crippen molar-refractivity contribution in [2.24, 2.45) is 0 Å². The number of phenolic OH excluding ortho intramolecular Hbond substituents is 1. The molecule has 7 heteroatoms. The number of phenols is 1. The maximum Gasteiger partial charge on any atom is 0.240 e. The van der Waals surface area contributed by atoms with Gasteiger partial charge in [0.1, 0.15) is 11.5 Å². The molecular formula is C16H16ClNO4S. The first-order chi connectivity index (χ1) is 11.0. The van der Waals surface area contributed by atoms with Gasteiger partial charge in [-0.15, -0.1) is 0 Å². The fourth-order valence-electron chi connectivity index (χ4n) is 2.57. The van der Waals surface area contributed by atoms with Crippen LogP contribution in [-0.2, 0) is 10.0 Å². The number of halogens is 1. The first kappa shape index (κ1) is 16.1. The average molecular weight is 354 g/mol. The van der Waals surface area contributed by atoms with E-state index in [-0.39, 0.29) is 23.1 Å². The fourth-order valence-corrected chi connectivity index (χ4v) is 3.78. The van der Waals surface area contributed by atoms with E-state index in [2.05, 4.69) is 4.72 Å². The van der Waals surface area contributed by atoms with Gasteiger partial charge in [-0.1, -0.05) is 17.7 Å². The van der Waals surface area contributed by atoms with E-state index in [1.54, 1.807) is 30.3 Å². The third-order valence-corrected chi connectivity index (χ3v) is 5.50. The molecule has 5 nitrogen and oxygen atoms in total. The van der Waals surface area contributed by atoms with Crippen molar-refractivity contribution in [3.8, 4) is 11.5 Å². The number of benzene rings is 2. The van der Waals surface area contributed by atoms with Gasteiger partial charge in [0.25, 0.3) is 0 Å². The summed E-state index contributed by atoms with van der Waals surface area (Å²) >= 11 is 5.78. The number of rotatable bonds is 4. The van der Waals surface area contributed by atoms with Gasteiger partial charge in [-0.2, -0.15) is 0 Å². The second-order valence-electron chi connectivity index (χ2n) is 5.36. The Morgan fingerprint density at radius 1 is 1.22 bits per heavy atom. The van der Waals surface area contributed by atoms with Crippen molar-refractivity contribution in [1.29, 1.82) is 0 Å². The Bertz CT molecular complexity index is 805. The summed E-state index contributed by atoms with van der Waals surface area (Å²) in [5, 5.41) is 9.99. The molecule has 2 aromatic carbocycles. The average Bonchev–Trinajstić information content (AvgIpc) is 2.53. The minimum Gasteiger partial charge on any atom is -0.508 e. The zero-order valence-corrected chi connectivity index (χ0v) is 13.8. The molecule has 0 aromatic heterocycles. The van der Waals surface area contributed by atoms with Crippen molar-refractivity contribution >= 4 is 21.6 Å². The largest absolute Gasteiger partial charge is 0.508 e. The molecule has 23 heavy (non-hydrogen) atoms. The zero-order chi connectivity index (χ0) is 16.4. The standard InChI is InChI=1S/C16H16ClNO4S/c17-12-1-4-14(5-2-12)23(20,21)18-10-11-7-8-22-16-9-13(19)3-6-15(11)16/h1-6,9,11,18-19H,7-8,10H2. The maximum atomic E-state index is 12.3. The van der Waals surface area contributed by atoms with Crippen LogP contribution in [0.3, 0.4) is 0 Å². The second-order valence-corrected chi connectivity index (χ2v) is 7.57. The monoisotopic (exact) mass is 353 g/mol. The van der Waals surface area contributed by atoms with Crippen molar-refractivity contribution < 1.29 is 18.3 Å². The SMILES string of the molecule is O=S(=O)(NCC1CCOc2cc(O)ccc21)c1ccc(Cl)cc1. The normalized spacial score (nSPS) is 17.3. The predicted octanol–water partition coefficient (Wildman–Crippen LogP) is 2.89. The summed E-state index contributed by atoms with van der Waals surface area (Å²) in [4.78, 5) is 0.180. The van der Waals surface area contributed by atoms with E-state index in [0.717, 1.165) is 5.56 Å². The topological polar surface area (TPSA) is 75.6 Å². The van der Waals surface area contributed by atoms with Crippen LogP contribution in [0, 0.1) is 0 Å².